The summed E-state index contributed by atoms with van der Waals surface area (Å²) in [5, 5.41) is 2.47. The van der Waals surface area contributed by atoms with E-state index in [-0.39, 0.29) is 11.7 Å². The number of nitrogens with zero attached hydrogens (tertiary/aromatic N) is 6. The molecule has 0 aliphatic carbocycles. The molecule has 1 N–H and O–H groups in total. The van der Waals surface area contributed by atoms with E-state index in [1.807, 2.05) is 25.1 Å². The molecule has 2 saturated heterocycles. The van der Waals surface area contributed by atoms with E-state index in [1.165, 1.54) is 6.20 Å². The maximum atomic E-state index is 13.7. The number of aromatic nitrogens is 3. The van der Waals surface area contributed by atoms with Crippen LogP contribution >= 0.6 is 0 Å². The van der Waals surface area contributed by atoms with Crippen LogP contribution in [0, 0.1) is 5.92 Å². The van der Waals surface area contributed by atoms with Gasteiger partial charge in [-0.2, -0.15) is 18.2 Å². The summed E-state index contributed by atoms with van der Waals surface area (Å²) >= 11 is 0. The smallest absolute Gasteiger partial charge is 0.417 e. The van der Waals surface area contributed by atoms with E-state index in [4.69, 9.17) is 4.42 Å². The summed E-state index contributed by atoms with van der Waals surface area (Å²) in [6.07, 6.45) is 0.175. The third-order valence-corrected chi connectivity index (χ3v) is 6.60. The Kier molecular flexibility index (Phi) is 6.90. The summed E-state index contributed by atoms with van der Waals surface area (Å²) in [4.78, 5) is 31.2. The number of piperidine rings is 1. The largest absolute Gasteiger partial charge is 0.437 e. The number of carbonyl (C=O) groups is 1. The van der Waals surface area contributed by atoms with Crippen LogP contribution in [0.5, 0.6) is 0 Å². The molecule has 1 unspecified atom stereocenters. The molecule has 37 heavy (non-hydrogen) atoms. The highest BCUT2D eigenvalue weighted by atomic mass is 19.4. The molecular weight excluding hydrogens is 487 g/mol. The number of carbonyl (C=O) groups excluding carboxylic acids is 1. The van der Waals surface area contributed by atoms with Crippen LogP contribution in [0.25, 0.3) is 0 Å². The van der Waals surface area contributed by atoms with Gasteiger partial charge in [0.2, 0.25) is 5.76 Å². The highest BCUT2D eigenvalue weighted by Gasteiger charge is 2.42. The number of halogens is 3. The van der Waals surface area contributed by atoms with Gasteiger partial charge in [-0.05, 0) is 43.0 Å². The quantitative estimate of drug-likeness (QED) is 0.538. The number of amides is 1. The third-order valence-electron chi connectivity index (χ3n) is 6.60. The van der Waals surface area contributed by atoms with Gasteiger partial charge in [-0.3, -0.25) is 4.79 Å². The molecule has 2 fully saturated rings. The van der Waals surface area contributed by atoms with Crippen LogP contribution in [0.1, 0.15) is 36.0 Å². The molecule has 196 valence electrons. The topological polar surface area (TPSA) is 90.6 Å². The molecule has 0 saturated carbocycles. The summed E-state index contributed by atoms with van der Waals surface area (Å²) in [6, 6.07) is 8.97. The number of nitrogens with one attached hydrogen (secondary N) is 1. The van der Waals surface area contributed by atoms with Gasteiger partial charge in [0, 0.05) is 45.5 Å². The van der Waals surface area contributed by atoms with Gasteiger partial charge in [0.05, 0.1) is 11.9 Å². The average Bonchev–Trinajstić information content (AvgIpc) is 3.37. The van der Waals surface area contributed by atoms with E-state index in [9.17, 15) is 18.0 Å². The Morgan fingerprint density at radius 3 is 2.32 bits per heavy atom. The Balaban J connectivity index is 1.25. The van der Waals surface area contributed by atoms with E-state index >= 15 is 0 Å². The number of alkyl halides is 3. The Bertz CT molecular complexity index is 1210. The molecule has 0 aromatic carbocycles. The van der Waals surface area contributed by atoms with E-state index in [2.05, 4.69) is 30.1 Å². The van der Waals surface area contributed by atoms with Gasteiger partial charge < -0.3 is 24.4 Å². The molecule has 5 rings (SSSR count). The van der Waals surface area contributed by atoms with Crippen LogP contribution in [0.15, 0.2) is 47.1 Å². The van der Waals surface area contributed by atoms with E-state index in [0.717, 1.165) is 50.7 Å². The number of hydrogen-bond acceptors (Lipinski definition) is 8. The molecule has 0 bridgehead atoms. The van der Waals surface area contributed by atoms with Crippen molar-refractivity contribution in [2.24, 2.45) is 5.92 Å². The van der Waals surface area contributed by atoms with Crippen molar-refractivity contribution in [3.8, 4) is 0 Å². The van der Waals surface area contributed by atoms with Crippen molar-refractivity contribution in [1.82, 2.24) is 15.0 Å². The highest BCUT2D eigenvalue weighted by Crippen LogP contribution is 2.35. The molecular formula is C25H28F3N7O2. The van der Waals surface area contributed by atoms with E-state index < -0.39 is 23.5 Å². The monoisotopic (exact) mass is 515 g/mol. The SMILES string of the molecule is CC1CCCN(c2nc(C(F)(F)F)c(C(=O)Nc3ccc(N4CCN(c5ccccn5)CC4)nc3)o2)C1. The molecule has 5 heterocycles. The number of anilines is 4. The van der Waals surface area contributed by atoms with Crippen LogP contribution in [0.3, 0.4) is 0 Å². The number of pyridine rings is 2. The lowest BCUT2D eigenvalue weighted by Gasteiger charge is -2.36. The molecule has 3 aromatic heterocycles. The van der Waals surface area contributed by atoms with Crippen molar-refractivity contribution < 1.29 is 22.4 Å². The standard InChI is InChI=1S/C25H28F3N7O2/c1-17-5-4-10-35(16-17)24-32-22(25(26,27)28)21(37-24)23(36)31-18-7-8-20(30-15-18)34-13-11-33(12-14-34)19-6-2-3-9-29-19/h2-3,6-9,15,17H,4-5,10-14,16H2,1H3,(H,31,36). The lowest BCUT2D eigenvalue weighted by Crippen LogP contribution is -2.47. The molecule has 2 aliphatic rings. The van der Waals surface area contributed by atoms with Crippen molar-refractivity contribution in [2.75, 3.05) is 59.3 Å². The van der Waals surface area contributed by atoms with Crippen molar-refractivity contribution in [3.63, 3.8) is 0 Å². The minimum Gasteiger partial charge on any atom is -0.417 e. The molecule has 9 nitrogen and oxygen atoms in total. The first-order valence-corrected chi connectivity index (χ1v) is 12.3. The first-order valence-electron chi connectivity index (χ1n) is 12.3. The maximum absolute atomic E-state index is 13.7. The Labute approximate surface area is 212 Å². The van der Waals surface area contributed by atoms with E-state index in [0.29, 0.717) is 19.0 Å². The van der Waals surface area contributed by atoms with Crippen LogP contribution in [0.2, 0.25) is 0 Å². The summed E-state index contributed by atoms with van der Waals surface area (Å²) in [5.74, 6) is 0.0764. The zero-order valence-electron chi connectivity index (χ0n) is 20.4. The molecule has 2 aliphatic heterocycles. The molecule has 3 aromatic rings. The molecule has 0 radical (unpaired) electrons. The van der Waals surface area contributed by atoms with Gasteiger partial charge in [-0.25, -0.2) is 9.97 Å². The van der Waals surface area contributed by atoms with Gasteiger partial charge >= 0.3 is 6.18 Å². The van der Waals surface area contributed by atoms with Crippen molar-refractivity contribution in [2.45, 2.75) is 25.9 Å². The zero-order chi connectivity index (χ0) is 26.0. The second kappa shape index (κ2) is 10.3. The predicted molar refractivity (Wildman–Crippen MR) is 133 cm³/mol. The van der Waals surface area contributed by atoms with Crippen LogP contribution in [-0.4, -0.2) is 60.1 Å². The van der Waals surface area contributed by atoms with Crippen LogP contribution in [0.4, 0.5) is 36.5 Å². The van der Waals surface area contributed by atoms with Crippen molar-refractivity contribution in [1.29, 1.82) is 0 Å². The zero-order valence-corrected chi connectivity index (χ0v) is 20.4. The fraction of sp³-hybridized carbons (Fsp3) is 0.440. The summed E-state index contributed by atoms with van der Waals surface area (Å²) in [5.41, 5.74) is -1.06. The maximum Gasteiger partial charge on any atom is 0.437 e. The van der Waals surface area contributed by atoms with Crippen molar-refractivity contribution in [3.05, 3.63) is 54.2 Å². The molecule has 1 atom stereocenters. The van der Waals surface area contributed by atoms with E-state index in [1.54, 1.807) is 23.2 Å². The first-order chi connectivity index (χ1) is 17.8. The number of rotatable bonds is 5. The van der Waals surface area contributed by atoms with Gasteiger partial charge in [-0.1, -0.05) is 13.0 Å². The van der Waals surface area contributed by atoms with Gasteiger partial charge in [-0.15, -0.1) is 0 Å². The molecule has 0 spiro atoms. The number of piperazine rings is 1. The molecule has 12 heteroatoms. The fourth-order valence-electron chi connectivity index (χ4n) is 4.69. The lowest BCUT2D eigenvalue weighted by molar-refractivity contribution is -0.141. The normalized spacial score (nSPS) is 18.7. The Morgan fingerprint density at radius 1 is 1.00 bits per heavy atom. The minimum absolute atomic E-state index is 0.178. The summed E-state index contributed by atoms with van der Waals surface area (Å²) in [6.45, 7) is 6.11. The average molecular weight is 516 g/mol. The Morgan fingerprint density at radius 2 is 1.73 bits per heavy atom. The fourth-order valence-corrected chi connectivity index (χ4v) is 4.69. The lowest BCUT2D eigenvalue weighted by atomic mass is 10.0. The van der Waals surface area contributed by atoms with Gasteiger partial charge in [0.1, 0.15) is 11.6 Å². The highest BCUT2D eigenvalue weighted by molar-refractivity contribution is 6.03. The van der Waals surface area contributed by atoms with Crippen molar-refractivity contribution >= 4 is 29.2 Å². The number of hydrogen-bond donors (Lipinski definition) is 1. The summed E-state index contributed by atoms with van der Waals surface area (Å²) in [7, 11) is 0. The van der Waals surface area contributed by atoms with Gasteiger partial charge in [0.25, 0.3) is 11.9 Å². The van der Waals surface area contributed by atoms with Crippen LogP contribution < -0.4 is 20.0 Å². The first kappa shape index (κ1) is 24.8. The minimum atomic E-state index is -4.82. The van der Waals surface area contributed by atoms with Gasteiger partial charge in [0.15, 0.2) is 5.69 Å². The summed E-state index contributed by atoms with van der Waals surface area (Å²) < 4.78 is 46.3. The molecule has 1 amide bonds. The van der Waals surface area contributed by atoms with Crippen LogP contribution in [-0.2, 0) is 6.18 Å². The third kappa shape index (κ3) is 5.62. The number of oxazole rings is 1. The second-order valence-electron chi connectivity index (χ2n) is 9.39. The second-order valence-corrected chi connectivity index (χ2v) is 9.39. The predicted octanol–water partition coefficient (Wildman–Crippen LogP) is 4.30. The Hall–Kier alpha value is -3.83.